The summed E-state index contributed by atoms with van der Waals surface area (Å²) in [6.07, 6.45) is 0. The van der Waals surface area contributed by atoms with Crippen LogP contribution in [0.1, 0.15) is 0 Å². The van der Waals surface area contributed by atoms with Gasteiger partial charge in [-0.25, -0.2) is 0 Å². The molecule has 0 nitrogen and oxygen atoms in total. The average Bonchev–Trinajstić information content (AvgIpc) is 2.83. The highest BCUT2D eigenvalue weighted by Crippen LogP contribution is 2.63. The van der Waals surface area contributed by atoms with E-state index >= 15 is 0 Å². The molecule has 88 valence electrons. The average molecular weight is 361 g/mol. The number of hydrogen-bond donors (Lipinski definition) is 2. The fourth-order valence-electron chi connectivity index (χ4n) is 1.35. The third-order valence-electron chi connectivity index (χ3n) is 2.02. The van der Waals surface area contributed by atoms with Gasteiger partial charge in [-0.2, -0.15) is 0 Å². The highest BCUT2D eigenvalue weighted by molar-refractivity contribution is 8.41. The zero-order valence-corrected chi connectivity index (χ0v) is 14.6. The molecule has 3 rings (SSSR count). The van der Waals surface area contributed by atoms with E-state index in [1.165, 1.54) is 11.5 Å². The Morgan fingerprint density at radius 2 is 1.19 bits per heavy atom. The van der Waals surface area contributed by atoms with Crippen molar-refractivity contribution in [3.05, 3.63) is 16.9 Å². The molecule has 0 aromatic heterocycles. The zero-order chi connectivity index (χ0) is 11.1. The summed E-state index contributed by atoms with van der Waals surface area (Å²) in [7, 11) is 0. The summed E-state index contributed by atoms with van der Waals surface area (Å²) in [5, 5.41) is 0. The van der Waals surface area contributed by atoms with Crippen molar-refractivity contribution in [3.8, 4) is 0 Å². The van der Waals surface area contributed by atoms with Crippen LogP contribution in [0.2, 0.25) is 0 Å². The minimum atomic E-state index is 0.571. The molecule has 3 aliphatic rings. The van der Waals surface area contributed by atoms with Crippen molar-refractivity contribution in [2.45, 2.75) is 9.16 Å². The third-order valence-corrected chi connectivity index (χ3v) is 13.1. The summed E-state index contributed by atoms with van der Waals surface area (Å²) in [6, 6.07) is 0. The van der Waals surface area contributed by atoms with Gasteiger partial charge in [-0.15, -0.1) is 95.8 Å². The van der Waals surface area contributed by atoms with Crippen LogP contribution in [0.3, 0.4) is 0 Å². The Hall–Kier alpha value is 2.28. The van der Waals surface area contributed by atoms with Gasteiger partial charge in [-0.3, -0.25) is 0 Å². The van der Waals surface area contributed by atoms with Crippen LogP contribution in [0.25, 0.3) is 0 Å². The molecule has 8 heteroatoms. The van der Waals surface area contributed by atoms with Gasteiger partial charge in [0.15, 0.2) is 0 Å². The number of hydrogen-bond acceptors (Lipinski definition) is 8. The second kappa shape index (κ2) is 5.73. The topological polar surface area (TPSA) is 0 Å². The fourth-order valence-corrected chi connectivity index (χ4v) is 12.2. The molecule has 0 aliphatic carbocycles. The van der Waals surface area contributed by atoms with Gasteiger partial charge in [-0.05, 0) is 0 Å². The lowest BCUT2D eigenvalue weighted by molar-refractivity contribution is 1.39. The smallest absolute Gasteiger partial charge is 0.0825 e. The molecule has 3 aliphatic heterocycles. The molecule has 0 fully saturated rings. The summed E-state index contributed by atoms with van der Waals surface area (Å²) in [4.78, 5) is 0. The molecule has 0 amide bonds. The SMILES string of the molecule is SC1=C(S)SC(C2SC3=C(SCCS3)S2)S1. The summed E-state index contributed by atoms with van der Waals surface area (Å²) in [5.74, 6) is 2.53. The van der Waals surface area contributed by atoms with Crippen molar-refractivity contribution in [3.63, 3.8) is 0 Å². The van der Waals surface area contributed by atoms with Gasteiger partial charge in [0.2, 0.25) is 0 Å². The van der Waals surface area contributed by atoms with E-state index in [2.05, 4.69) is 25.3 Å². The first-order valence-electron chi connectivity index (χ1n) is 4.53. The molecular weight excluding hydrogens is 353 g/mol. The number of thiol groups is 2. The normalized spacial score (nSPS) is 28.1. The molecule has 3 heterocycles. The molecular formula is C8H8S8. The van der Waals surface area contributed by atoms with E-state index in [1.54, 1.807) is 8.47 Å². The summed E-state index contributed by atoms with van der Waals surface area (Å²) in [6.45, 7) is 0. The van der Waals surface area contributed by atoms with E-state index in [1.807, 2.05) is 70.6 Å². The maximum absolute atomic E-state index is 4.45. The van der Waals surface area contributed by atoms with Crippen LogP contribution >= 0.6 is 95.8 Å². The van der Waals surface area contributed by atoms with Gasteiger partial charge in [0.1, 0.15) is 0 Å². The van der Waals surface area contributed by atoms with Crippen LogP contribution in [-0.2, 0) is 0 Å². The van der Waals surface area contributed by atoms with Gasteiger partial charge >= 0.3 is 0 Å². The maximum Gasteiger partial charge on any atom is 0.0825 e. The molecule has 0 spiro atoms. The molecule has 0 unspecified atom stereocenters. The van der Waals surface area contributed by atoms with Crippen LogP contribution in [0.5, 0.6) is 0 Å². The van der Waals surface area contributed by atoms with Gasteiger partial charge in [0.05, 0.1) is 26.1 Å². The number of thioether (sulfide) groups is 6. The molecule has 0 saturated carbocycles. The van der Waals surface area contributed by atoms with Gasteiger partial charge in [0.25, 0.3) is 0 Å². The molecule has 0 bridgehead atoms. The zero-order valence-electron chi connectivity index (χ0n) is 7.91. The van der Waals surface area contributed by atoms with Crippen molar-refractivity contribution in [1.29, 1.82) is 0 Å². The van der Waals surface area contributed by atoms with Gasteiger partial charge in [0, 0.05) is 11.5 Å². The highest BCUT2D eigenvalue weighted by Gasteiger charge is 2.38. The largest absolute Gasteiger partial charge is 0.135 e. The quantitative estimate of drug-likeness (QED) is 0.613. The first-order chi connectivity index (χ1) is 7.74. The summed E-state index contributed by atoms with van der Waals surface area (Å²) < 4.78 is 6.49. The molecule has 0 radical (unpaired) electrons. The van der Waals surface area contributed by atoms with Gasteiger partial charge < -0.3 is 0 Å². The van der Waals surface area contributed by atoms with Crippen LogP contribution in [0.4, 0.5) is 0 Å². The van der Waals surface area contributed by atoms with E-state index in [9.17, 15) is 0 Å². The maximum atomic E-state index is 4.45. The van der Waals surface area contributed by atoms with Gasteiger partial charge in [-0.1, -0.05) is 0 Å². The van der Waals surface area contributed by atoms with E-state index in [0.29, 0.717) is 9.16 Å². The van der Waals surface area contributed by atoms with Crippen LogP contribution in [0.15, 0.2) is 16.9 Å². The van der Waals surface area contributed by atoms with Crippen LogP contribution in [-0.4, -0.2) is 20.7 Å². The van der Waals surface area contributed by atoms with E-state index < -0.39 is 0 Å². The first-order valence-corrected chi connectivity index (χ1v) is 10.9. The fraction of sp³-hybridized carbons (Fsp3) is 0.500. The Morgan fingerprint density at radius 1 is 0.750 bits per heavy atom. The Bertz CT molecular complexity index is 340. The number of rotatable bonds is 1. The Balaban J connectivity index is 1.65. The molecule has 0 aromatic rings. The Morgan fingerprint density at radius 3 is 1.69 bits per heavy atom. The summed E-state index contributed by atoms with van der Waals surface area (Å²) in [5.41, 5.74) is 0. The molecule has 0 aromatic carbocycles. The minimum Gasteiger partial charge on any atom is -0.135 e. The monoisotopic (exact) mass is 360 g/mol. The molecule has 0 atom stereocenters. The predicted octanol–water partition coefficient (Wildman–Crippen LogP) is 5.19. The van der Waals surface area contributed by atoms with Crippen molar-refractivity contribution in [2.75, 3.05) is 11.5 Å². The molecule has 16 heavy (non-hydrogen) atoms. The van der Waals surface area contributed by atoms with Crippen molar-refractivity contribution >= 4 is 95.8 Å². The summed E-state index contributed by atoms with van der Waals surface area (Å²) >= 11 is 20.8. The minimum absolute atomic E-state index is 0.571. The van der Waals surface area contributed by atoms with Crippen molar-refractivity contribution < 1.29 is 0 Å². The van der Waals surface area contributed by atoms with E-state index in [0.717, 1.165) is 8.47 Å². The predicted molar refractivity (Wildman–Crippen MR) is 94.9 cm³/mol. The highest BCUT2D eigenvalue weighted by atomic mass is 32.3. The Kier molecular flexibility index (Phi) is 4.75. The van der Waals surface area contributed by atoms with E-state index in [4.69, 9.17) is 0 Å². The molecule has 0 N–H and O–H groups in total. The lowest BCUT2D eigenvalue weighted by Crippen LogP contribution is -2.07. The van der Waals surface area contributed by atoms with Crippen LogP contribution < -0.4 is 0 Å². The Labute approximate surface area is 132 Å². The lowest BCUT2D eigenvalue weighted by atomic mass is 10.9. The second-order valence-electron chi connectivity index (χ2n) is 3.09. The van der Waals surface area contributed by atoms with Crippen molar-refractivity contribution in [1.82, 2.24) is 0 Å². The van der Waals surface area contributed by atoms with Crippen LogP contribution in [0, 0.1) is 0 Å². The standard InChI is InChI=1S/C8H8S8/c9-3-4(10)14-7(13-3)8-15-5-6(16-8)12-2-1-11-5/h7-10H,1-2H2. The third kappa shape index (κ3) is 2.73. The lowest BCUT2D eigenvalue weighted by Gasteiger charge is -2.15. The van der Waals surface area contributed by atoms with E-state index in [-0.39, 0.29) is 0 Å². The van der Waals surface area contributed by atoms with Crippen molar-refractivity contribution in [2.24, 2.45) is 0 Å². The second-order valence-corrected chi connectivity index (χ2v) is 12.5. The molecule has 0 saturated heterocycles. The first kappa shape index (κ1) is 13.3.